The molecule has 0 unspecified atom stereocenters. The molecule has 146 valence electrons. The summed E-state index contributed by atoms with van der Waals surface area (Å²) in [6, 6.07) is 5.62. The quantitative estimate of drug-likeness (QED) is 0.799. The van der Waals surface area contributed by atoms with E-state index in [1.165, 1.54) is 0 Å². The van der Waals surface area contributed by atoms with E-state index in [-0.39, 0.29) is 11.8 Å². The molecule has 2 aromatic rings. The molecule has 1 aromatic heterocycles. The lowest BCUT2D eigenvalue weighted by Gasteiger charge is -2.34. The number of nitrogens with zero attached hydrogens (tertiary/aromatic N) is 2. The van der Waals surface area contributed by atoms with E-state index < -0.39 is 0 Å². The third-order valence-corrected chi connectivity index (χ3v) is 4.87. The monoisotopic (exact) mass is 373 g/mol. The number of carbonyl (C=O) groups is 2. The molecule has 0 atom stereocenters. The summed E-state index contributed by atoms with van der Waals surface area (Å²) in [6.07, 6.45) is 2.90. The van der Waals surface area contributed by atoms with Crippen LogP contribution in [0.3, 0.4) is 0 Å². The van der Waals surface area contributed by atoms with E-state index in [1.54, 1.807) is 13.4 Å². The van der Waals surface area contributed by atoms with Crippen molar-refractivity contribution in [3.63, 3.8) is 0 Å². The van der Waals surface area contributed by atoms with Crippen LogP contribution >= 0.6 is 0 Å². The van der Waals surface area contributed by atoms with Gasteiger partial charge in [-0.3, -0.25) is 14.5 Å². The van der Waals surface area contributed by atoms with Crippen molar-refractivity contribution in [3.8, 4) is 5.75 Å². The van der Waals surface area contributed by atoms with Crippen molar-refractivity contribution in [2.24, 2.45) is 0 Å². The predicted octanol–water partition coefficient (Wildman–Crippen LogP) is 1.65. The number of carbonyl (C=O) groups excluding carboxylic acids is 2. The van der Waals surface area contributed by atoms with Crippen LogP contribution in [0.1, 0.15) is 18.9 Å². The summed E-state index contributed by atoms with van der Waals surface area (Å²) in [7, 11) is 1.61. The smallest absolute Gasteiger partial charge is 0.234 e. The first-order chi connectivity index (χ1) is 13.1. The molecule has 1 aromatic carbocycles. The van der Waals surface area contributed by atoms with Crippen molar-refractivity contribution in [1.29, 1.82) is 0 Å². The summed E-state index contributed by atoms with van der Waals surface area (Å²) in [5.74, 6) is 0.870. The molecule has 2 amide bonds. The summed E-state index contributed by atoms with van der Waals surface area (Å²) in [5.41, 5.74) is 1.61. The van der Waals surface area contributed by atoms with Gasteiger partial charge in [0.05, 0.1) is 26.3 Å². The van der Waals surface area contributed by atoms with Gasteiger partial charge in [0, 0.05) is 49.7 Å². The summed E-state index contributed by atoms with van der Waals surface area (Å²) in [5, 5.41) is 3.83. The highest BCUT2D eigenvalue weighted by Gasteiger charge is 2.23. The van der Waals surface area contributed by atoms with Crippen LogP contribution in [-0.2, 0) is 16.0 Å². The number of amides is 2. The predicted molar refractivity (Wildman–Crippen MR) is 103 cm³/mol. The van der Waals surface area contributed by atoms with Gasteiger partial charge in [0.1, 0.15) is 11.3 Å². The minimum atomic E-state index is 0.0527. The first-order valence-electron chi connectivity index (χ1n) is 9.41. The zero-order valence-electron chi connectivity index (χ0n) is 16.0. The Morgan fingerprint density at radius 3 is 2.70 bits per heavy atom. The molecule has 1 N–H and O–H groups in total. The van der Waals surface area contributed by atoms with Crippen LogP contribution in [0.2, 0.25) is 0 Å². The van der Waals surface area contributed by atoms with Crippen molar-refractivity contribution in [1.82, 2.24) is 15.1 Å². The van der Waals surface area contributed by atoms with Gasteiger partial charge >= 0.3 is 0 Å². The maximum atomic E-state index is 12.7. The number of hydrogen-bond acceptors (Lipinski definition) is 5. The minimum Gasteiger partial charge on any atom is -0.497 e. The third kappa shape index (κ3) is 4.80. The molecule has 3 rings (SSSR count). The first kappa shape index (κ1) is 19.2. The Morgan fingerprint density at radius 2 is 2.00 bits per heavy atom. The molecule has 0 spiro atoms. The van der Waals surface area contributed by atoms with Gasteiger partial charge in [0.25, 0.3) is 0 Å². The molecule has 7 nitrogen and oxygen atoms in total. The van der Waals surface area contributed by atoms with Gasteiger partial charge in [-0.05, 0) is 18.6 Å². The van der Waals surface area contributed by atoms with Crippen LogP contribution in [0.4, 0.5) is 0 Å². The van der Waals surface area contributed by atoms with Gasteiger partial charge in [-0.15, -0.1) is 0 Å². The number of rotatable bonds is 7. The Bertz CT molecular complexity index is 794. The van der Waals surface area contributed by atoms with Crippen LogP contribution in [0.25, 0.3) is 11.0 Å². The number of fused-ring (bicyclic) bond motifs is 1. The largest absolute Gasteiger partial charge is 0.497 e. The van der Waals surface area contributed by atoms with Gasteiger partial charge in [0.2, 0.25) is 11.8 Å². The highest BCUT2D eigenvalue weighted by Crippen LogP contribution is 2.26. The molecule has 7 heteroatoms. The molecular weight excluding hydrogens is 346 g/mol. The number of ether oxygens (including phenoxy) is 1. The number of nitrogens with one attached hydrogen (secondary N) is 1. The number of piperazine rings is 1. The van der Waals surface area contributed by atoms with Crippen molar-refractivity contribution < 1.29 is 18.7 Å². The zero-order chi connectivity index (χ0) is 19.2. The van der Waals surface area contributed by atoms with Crippen LogP contribution in [0.5, 0.6) is 5.75 Å². The van der Waals surface area contributed by atoms with Gasteiger partial charge in [-0.2, -0.15) is 0 Å². The van der Waals surface area contributed by atoms with E-state index in [1.807, 2.05) is 30.0 Å². The van der Waals surface area contributed by atoms with Gasteiger partial charge < -0.3 is 19.4 Å². The molecule has 0 bridgehead atoms. The van der Waals surface area contributed by atoms with Gasteiger partial charge in [-0.1, -0.05) is 6.92 Å². The van der Waals surface area contributed by atoms with Crippen LogP contribution in [0.15, 0.2) is 28.9 Å². The third-order valence-electron chi connectivity index (χ3n) is 4.87. The Kier molecular flexibility index (Phi) is 6.34. The summed E-state index contributed by atoms with van der Waals surface area (Å²) in [4.78, 5) is 28.4. The second-order valence-electron chi connectivity index (χ2n) is 6.81. The number of methoxy groups -OCH3 is 1. The van der Waals surface area contributed by atoms with Crippen LogP contribution in [-0.4, -0.2) is 68.0 Å². The minimum absolute atomic E-state index is 0.0527. The number of hydrogen-bond donors (Lipinski definition) is 1. The topological polar surface area (TPSA) is 75.0 Å². The van der Waals surface area contributed by atoms with Crippen molar-refractivity contribution in [3.05, 3.63) is 30.0 Å². The Balaban J connectivity index is 1.52. The van der Waals surface area contributed by atoms with E-state index in [4.69, 9.17) is 9.15 Å². The van der Waals surface area contributed by atoms with E-state index in [2.05, 4.69) is 10.2 Å². The van der Waals surface area contributed by atoms with Crippen LogP contribution < -0.4 is 10.1 Å². The lowest BCUT2D eigenvalue weighted by atomic mass is 10.1. The van der Waals surface area contributed by atoms with Crippen LogP contribution in [0, 0.1) is 0 Å². The maximum absolute atomic E-state index is 12.7. The summed E-state index contributed by atoms with van der Waals surface area (Å²) >= 11 is 0. The number of benzene rings is 1. The summed E-state index contributed by atoms with van der Waals surface area (Å²) in [6.45, 7) is 5.86. The molecule has 1 aliphatic rings. The molecule has 0 saturated carbocycles. The van der Waals surface area contributed by atoms with E-state index >= 15 is 0 Å². The highest BCUT2D eigenvalue weighted by atomic mass is 16.5. The normalized spacial score (nSPS) is 15.1. The van der Waals surface area contributed by atoms with Crippen molar-refractivity contribution in [2.75, 3.05) is 46.4 Å². The van der Waals surface area contributed by atoms with E-state index in [0.29, 0.717) is 45.7 Å². The molecule has 1 saturated heterocycles. The second kappa shape index (κ2) is 8.90. The fraction of sp³-hybridized carbons (Fsp3) is 0.500. The second-order valence-corrected chi connectivity index (χ2v) is 6.81. The SMILES string of the molecule is CCCNC(=O)CN1CCN(C(=O)Cc2coc3cc(OC)ccc23)CC1. The first-order valence-corrected chi connectivity index (χ1v) is 9.41. The maximum Gasteiger partial charge on any atom is 0.234 e. The van der Waals surface area contributed by atoms with Gasteiger partial charge in [-0.25, -0.2) is 0 Å². The standard InChI is InChI=1S/C20H27N3O4/c1-3-6-21-19(24)13-22-7-9-23(10-8-22)20(25)11-15-14-27-18-12-16(26-2)4-5-17(15)18/h4-5,12,14H,3,6-11,13H2,1-2H3,(H,21,24). The van der Waals surface area contributed by atoms with E-state index in [9.17, 15) is 9.59 Å². The molecule has 0 radical (unpaired) electrons. The van der Waals surface area contributed by atoms with Crippen molar-refractivity contribution in [2.45, 2.75) is 19.8 Å². The fourth-order valence-electron chi connectivity index (χ4n) is 3.28. The number of furan rings is 1. The van der Waals surface area contributed by atoms with Crippen molar-refractivity contribution >= 4 is 22.8 Å². The molecule has 1 fully saturated rings. The molecule has 0 aliphatic carbocycles. The lowest BCUT2D eigenvalue weighted by Crippen LogP contribution is -2.51. The highest BCUT2D eigenvalue weighted by molar-refractivity contribution is 5.88. The van der Waals surface area contributed by atoms with E-state index in [0.717, 1.165) is 28.7 Å². The molecule has 1 aliphatic heterocycles. The summed E-state index contributed by atoms with van der Waals surface area (Å²) < 4.78 is 10.8. The zero-order valence-corrected chi connectivity index (χ0v) is 16.0. The average Bonchev–Trinajstić information content (AvgIpc) is 3.08. The fourth-order valence-corrected chi connectivity index (χ4v) is 3.28. The Hall–Kier alpha value is -2.54. The molecule has 27 heavy (non-hydrogen) atoms. The average molecular weight is 373 g/mol. The Morgan fingerprint density at radius 1 is 1.22 bits per heavy atom. The lowest BCUT2D eigenvalue weighted by molar-refractivity contribution is -0.132. The molecule has 2 heterocycles. The van der Waals surface area contributed by atoms with Gasteiger partial charge in [0.15, 0.2) is 0 Å². The Labute approximate surface area is 159 Å². The molecular formula is C20H27N3O4.